The number of thiophene rings is 1. The Hall–Kier alpha value is -5.58. The van der Waals surface area contributed by atoms with Crippen LogP contribution in [0.3, 0.4) is 0 Å². The zero-order chi connectivity index (χ0) is 28.8. The Balaban J connectivity index is 1.45. The van der Waals surface area contributed by atoms with Crippen LogP contribution in [-0.2, 0) is 0 Å². The van der Waals surface area contributed by atoms with Gasteiger partial charge in [0, 0.05) is 47.6 Å². The average Bonchev–Trinajstić information content (AvgIpc) is 3.60. The van der Waals surface area contributed by atoms with Crippen molar-refractivity contribution in [1.29, 1.82) is 0 Å². The van der Waals surface area contributed by atoms with Crippen molar-refractivity contribution in [2.75, 3.05) is 0 Å². The summed E-state index contributed by atoms with van der Waals surface area (Å²) in [5, 5.41) is 5.00. The second-order valence-corrected chi connectivity index (χ2v) is 12.4. The molecule has 0 amide bonds. The van der Waals surface area contributed by atoms with Crippen LogP contribution in [0.1, 0.15) is 0 Å². The highest BCUT2D eigenvalue weighted by atomic mass is 32.1. The minimum atomic E-state index is 0.722. The van der Waals surface area contributed by atoms with Gasteiger partial charge in [0.25, 0.3) is 0 Å². The van der Waals surface area contributed by atoms with Crippen molar-refractivity contribution in [3.05, 3.63) is 140 Å². The van der Waals surface area contributed by atoms with E-state index in [1.54, 1.807) is 0 Å². The molecule has 0 radical (unpaired) electrons. The second kappa shape index (κ2) is 8.96. The van der Waals surface area contributed by atoms with Gasteiger partial charge < -0.3 is 0 Å². The highest BCUT2D eigenvalue weighted by Crippen LogP contribution is 2.50. The van der Waals surface area contributed by atoms with E-state index in [1.807, 2.05) is 17.4 Å². The molecule has 1 aliphatic heterocycles. The Kier molecular flexibility index (Phi) is 4.87. The predicted molar refractivity (Wildman–Crippen MR) is 185 cm³/mol. The first-order valence-electron chi connectivity index (χ1n) is 14.9. The van der Waals surface area contributed by atoms with E-state index in [1.165, 1.54) is 47.6 Å². The smallest absolute Gasteiger partial charge is 0.162 e. The molecule has 4 heteroatoms. The Bertz CT molecular complexity index is 2610. The molecule has 0 atom stereocenters. The van der Waals surface area contributed by atoms with Crippen LogP contribution >= 0.6 is 11.3 Å². The van der Waals surface area contributed by atoms with Crippen molar-refractivity contribution >= 4 is 53.3 Å². The highest BCUT2D eigenvalue weighted by Gasteiger charge is 2.29. The molecule has 10 rings (SSSR count). The van der Waals surface area contributed by atoms with Crippen LogP contribution in [0.25, 0.3) is 92.7 Å². The van der Waals surface area contributed by atoms with E-state index in [2.05, 4.69) is 138 Å². The minimum Gasteiger partial charge on any atom is -0.292 e. The Labute approximate surface area is 257 Å². The SMILES string of the molecule is c1ccc(-c2nc(-c3cccc4c3sc3ccccc34)c3c(n2)-n2c4ccccc4c4cccc(c42)-c2ccccc2-3)cc1. The van der Waals surface area contributed by atoms with Crippen LogP contribution in [0.2, 0.25) is 0 Å². The lowest BCUT2D eigenvalue weighted by Gasteiger charge is -2.18. The van der Waals surface area contributed by atoms with Gasteiger partial charge >= 0.3 is 0 Å². The molecular weight excluding hydrogens is 555 g/mol. The van der Waals surface area contributed by atoms with Crippen LogP contribution in [0.4, 0.5) is 0 Å². The summed E-state index contributed by atoms with van der Waals surface area (Å²) in [6, 6.07) is 49.8. The van der Waals surface area contributed by atoms with Crippen molar-refractivity contribution in [2.24, 2.45) is 0 Å². The quantitative estimate of drug-likeness (QED) is 0.205. The van der Waals surface area contributed by atoms with Gasteiger partial charge in [0.1, 0.15) is 5.82 Å². The van der Waals surface area contributed by atoms with Gasteiger partial charge in [-0.05, 0) is 23.3 Å². The average molecular weight is 578 g/mol. The van der Waals surface area contributed by atoms with Crippen LogP contribution in [0, 0.1) is 0 Å². The third-order valence-corrected chi connectivity index (χ3v) is 10.2. The summed E-state index contributed by atoms with van der Waals surface area (Å²) in [6.07, 6.45) is 0. The number of rotatable bonds is 2. The molecule has 9 aromatic rings. The fourth-order valence-electron chi connectivity index (χ4n) is 7.10. The minimum absolute atomic E-state index is 0.722. The molecule has 3 aromatic heterocycles. The number of aromatic nitrogens is 3. The van der Waals surface area contributed by atoms with Gasteiger partial charge in [-0.15, -0.1) is 11.3 Å². The normalized spacial score (nSPS) is 12.1. The second-order valence-electron chi connectivity index (χ2n) is 11.3. The predicted octanol–water partition coefficient (Wildman–Crippen LogP) is 10.9. The summed E-state index contributed by atoms with van der Waals surface area (Å²) in [5.74, 6) is 1.64. The van der Waals surface area contributed by atoms with Gasteiger partial charge in [0.05, 0.1) is 22.3 Å². The lowest BCUT2D eigenvalue weighted by Crippen LogP contribution is -2.05. The zero-order valence-electron chi connectivity index (χ0n) is 23.5. The van der Waals surface area contributed by atoms with E-state index in [-0.39, 0.29) is 0 Å². The number of benzene rings is 6. The molecule has 6 aromatic carbocycles. The summed E-state index contributed by atoms with van der Waals surface area (Å²) >= 11 is 1.84. The number of hydrogen-bond acceptors (Lipinski definition) is 3. The lowest BCUT2D eigenvalue weighted by atomic mass is 9.91. The van der Waals surface area contributed by atoms with Crippen molar-refractivity contribution in [3.63, 3.8) is 0 Å². The van der Waals surface area contributed by atoms with E-state index in [0.717, 1.165) is 45.1 Å². The summed E-state index contributed by atoms with van der Waals surface area (Å²) in [4.78, 5) is 10.9. The van der Waals surface area contributed by atoms with Gasteiger partial charge in [-0.3, -0.25) is 4.57 Å². The standard InChI is InChI=1S/C40H23N3S/c1-2-12-24(13-3-1)39-41-36(32-21-11-20-31-27-16-7-9-23-34(27)44-38(31)32)35-28-17-5-4-14-25(28)29-18-10-19-30-26-15-6-8-22-33(26)43(37(29)30)40(35)42-39/h1-23H. The Morgan fingerprint density at radius 1 is 0.477 bits per heavy atom. The van der Waals surface area contributed by atoms with Crippen LogP contribution in [-0.4, -0.2) is 14.5 Å². The first-order chi connectivity index (χ1) is 21.8. The zero-order valence-corrected chi connectivity index (χ0v) is 24.3. The maximum absolute atomic E-state index is 5.46. The molecular formula is C40H23N3S. The Morgan fingerprint density at radius 3 is 2.02 bits per heavy atom. The van der Waals surface area contributed by atoms with Crippen LogP contribution in [0.5, 0.6) is 0 Å². The fourth-order valence-corrected chi connectivity index (χ4v) is 8.31. The van der Waals surface area contributed by atoms with E-state index >= 15 is 0 Å². The molecule has 0 fully saturated rings. The molecule has 4 heterocycles. The number of nitrogens with zero attached hydrogens (tertiary/aromatic N) is 3. The largest absolute Gasteiger partial charge is 0.292 e. The van der Waals surface area contributed by atoms with Crippen molar-refractivity contribution in [1.82, 2.24) is 14.5 Å². The van der Waals surface area contributed by atoms with Crippen molar-refractivity contribution < 1.29 is 0 Å². The molecule has 0 unspecified atom stereocenters. The van der Waals surface area contributed by atoms with Crippen molar-refractivity contribution in [3.8, 4) is 50.7 Å². The first kappa shape index (κ1) is 23.9. The fraction of sp³-hybridized carbons (Fsp3) is 0. The van der Waals surface area contributed by atoms with Gasteiger partial charge in [-0.25, -0.2) is 9.97 Å². The summed E-state index contributed by atoms with van der Waals surface area (Å²) in [5.41, 5.74) is 10.0. The molecule has 0 saturated carbocycles. The van der Waals surface area contributed by atoms with E-state index in [4.69, 9.17) is 9.97 Å². The molecule has 0 spiro atoms. The summed E-state index contributed by atoms with van der Waals surface area (Å²) in [6.45, 7) is 0. The van der Waals surface area contributed by atoms with Gasteiger partial charge in [-0.2, -0.15) is 0 Å². The molecule has 204 valence electrons. The van der Waals surface area contributed by atoms with Crippen molar-refractivity contribution in [2.45, 2.75) is 0 Å². The monoisotopic (exact) mass is 577 g/mol. The van der Waals surface area contributed by atoms with E-state index in [0.29, 0.717) is 0 Å². The first-order valence-corrected chi connectivity index (χ1v) is 15.7. The number of fused-ring (bicyclic) bond motifs is 11. The molecule has 0 N–H and O–H groups in total. The molecule has 0 aliphatic carbocycles. The highest BCUT2D eigenvalue weighted by molar-refractivity contribution is 7.26. The van der Waals surface area contributed by atoms with Crippen LogP contribution < -0.4 is 0 Å². The summed E-state index contributed by atoms with van der Waals surface area (Å²) in [7, 11) is 0. The van der Waals surface area contributed by atoms with E-state index < -0.39 is 0 Å². The molecule has 0 saturated heterocycles. The third-order valence-electron chi connectivity index (χ3n) is 8.97. The maximum atomic E-state index is 5.46. The molecule has 0 bridgehead atoms. The molecule has 44 heavy (non-hydrogen) atoms. The topological polar surface area (TPSA) is 30.7 Å². The number of hydrogen-bond donors (Lipinski definition) is 0. The van der Waals surface area contributed by atoms with Crippen LogP contribution in [0.15, 0.2) is 140 Å². The third kappa shape index (κ3) is 3.20. The van der Waals surface area contributed by atoms with Gasteiger partial charge in [-0.1, -0.05) is 127 Å². The lowest BCUT2D eigenvalue weighted by molar-refractivity contribution is 1.06. The van der Waals surface area contributed by atoms with Gasteiger partial charge in [0.15, 0.2) is 5.82 Å². The van der Waals surface area contributed by atoms with E-state index in [9.17, 15) is 0 Å². The maximum Gasteiger partial charge on any atom is 0.162 e. The molecule has 3 nitrogen and oxygen atoms in total. The number of para-hydroxylation sites is 2. The Morgan fingerprint density at radius 2 is 1.14 bits per heavy atom. The molecule has 1 aliphatic rings. The summed E-state index contributed by atoms with van der Waals surface area (Å²) < 4.78 is 4.91. The van der Waals surface area contributed by atoms with Gasteiger partial charge in [0.2, 0.25) is 0 Å².